The van der Waals surface area contributed by atoms with E-state index in [-0.39, 0.29) is 5.75 Å². The molecule has 1 aromatic heterocycles. The molecule has 0 bridgehead atoms. The molecule has 206 valence electrons. The number of aliphatic hydroxyl groups is 2. The summed E-state index contributed by atoms with van der Waals surface area (Å²) in [5, 5.41) is 18.9. The molecule has 3 aromatic rings. The van der Waals surface area contributed by atoms with E-state index in [1.165, 1.54) is 12.1 Å². The van der Waals surface area contributed by atoms with E-state index < -0.39 is 18.3 Å². The smallest absolute Gasteiger partial charge is 0.483 e. The van der Waals surface area contributed by atoms with Gasteiger partial charge in [-0.1, -0.05) is 44.2 Å². The fourth-order valence-corrected chi connectivity index (χ4v) is 3.77. The molecule has 0 fully saturated rings. The van der Waals surface area contributed by atoms with Crippen molar-refractivity contribution in [2.75, 3.05) is 11.4 Å². The van der Waals surface area contributed by atoms with Crippen LogP contribution in [0, 0.1) is 0 Å². The third kappa shape index (κ3) is 8.92. The minimum atomic E-state index is -4.73. The van der Waals surface area contributed by atoms with E-state index in [1.54, 1.807) is 38.1 Å². The highest BCUT2D eigenvalue weighted by molar-refractivity contribution is 5.41. The first-order chi connectivity index (χ1) is 17.8. The zero-order chi connectivity index (χ0) is 27.9. The molecule has 0 aliphatic carbocycles. The molecule has 0 atom stereocenters. The average molecular weight is 533 g/mol. The average Bonchev–Trinajstić information content (AvgIpc) is 2.84. The van der Waals surface area contributed by atoms with Crippen LogP contribution in [0.1, 0.15) is 56.7 Å². The summed E-state index contributed by atoms with van der Waals surface area (Å²) >= 11 is 0. The van der Waals surface area contributed by atoms with Gasteiger partial charge < -0.3 is 24.6 Å². The van der Waals surface area contributed by atoms with E-state index in [0.717, 1.165) is 35.3 Å². The Kier molecular flexibility index (Phi) is 9.62. The molecule has 2 N–H and O–H groups in total. The van der Waals surface area contributed by atoms with Gasteiger partial charge in [-0.25, -0.2) is 4.98 Å². The second-order valence-electron chi connectivity index (χ2n) is 10.0. The third-order valence-corrected chi connectivity index (χ3v) is 6.11. The molecule has 0 amide bonds. The molecular formula is C29H35F3N2O4. The Hall–Kier alpha value is -3.30. The molecule has 0 aliphatic heterocycles. The van der Waals surface area contributed by atoms with Gasteiger partial charge in [-0.15, -0.1) is 13.2 Å². The molecule has 1 heterocycles. The maximum Gasteiger partial charge on any atom is 0.573 e. The molecular weight excluding hydrogens is 497 g/mol. The first kappa shape index (κ1) is 29.3. The number of hydrogen-bond donors (Lipinski definition) is 2. The molecule has 9 heteroatoms. The molecule has 0 spiro atoms. The lowest BCUT2D eigenvalue weighted by atomic mass is 10.1. The number of rotatable bonds is 12. The minimum Gasteiger partial charge on any atom is -0.483 e. The Bertz CT molecular complexity index is 1130. The number of aromatic nitrogens is 1. The molecule has 0 saturated heterocycles. The Balaban J connectivity index is 1.67. The lowest BCUT2D eigenvalue weighted by molar-refractivity contribution is -0.274. The fraction of sp³-hybridized carbons (Fsp3) is 0.414. The van der Waals surface area contributed by atoms with Crippen molar-refractivity contribution in [2.24, 2.45) is 0 Å². The van der Waals surface area contributed by atoms with Crippen LogP contribution in [0.4, 0.5) is 19.0 Å². The third-order valence-electron chi connectivity index (χ3n) is 6.11. The van der Waals surface area contributed by atoms with Crippen LogP contribution in [-0.4, -0.2) is 40.0 Å². The minimum absolute atomic E-state index is 0.253. The van der Waals surface area contributed by atoms with Gasteiger partial charge in [0.15, 0.2) is 11.9 Å². The summed E-state index contributed by atoms with van der Waals surface area (Å²) in [6.45, 7) is 8.55. The number of nitrogens with zero attached hydrogens (tertiary/aromatic N) is 2. The first-order valence-corrected chi connectivity index (χ1v) is 12.5. The summed E-state index contributed by atoms with van der Waals surface area (Å²) in [6.07, 6.45) is -2.88. The van der Waals surface area contributed by atoms with Gasteiger partial charge in [0.05, 0.1) is 0 Å². The lowest BCUT2D eigenvalue weighted by Crippen LogP contribution is -2.41. The largest absolute Gasteiger partial charge is 0.573 e. The van der Waals surface area contributed by atoms with E-state index in [2.05, 4.69) is 28.5 Å². The van der Waals surface area contributed by atoms with E-state index in [4.69, 9.17) is 4.74 Å². The van der Waals surface area contributed by atoms with Crippen LogP contribution in [0.3, 0.4) is 0 Å². The topological polar surface area (TPSA) is 75.1 Å². The highest BCUT2D eigenvalue weighted by atomic mass is 19.4. The van der Waals surface area contributed by atoms with Crippen molar-refractivity contribution in [3.63, 3.8) is 0 Å². The number of anilines is 1. The van der Waals surface area contributed by atoms with Crippen molar-refractivity contribution in [1.82, 2.24) is 4.98 Å². The predicted molar refractivity (Wildman–Crippen MR) is 140 cm³/mol. The number of hydrogen-bond acceptors (Lipinski definition) is 6. The van der Waals surface area contributed by atoms with Gasteiger partial charge in [0, 0.05) is 19.3 Å². The van der Waals surface area contributed by atoms with Crippen LogP contribution in [0.15, 0.2) is 66.9 Å². The van der Waals surface area contributed by atoms with Crippen LogP contribution in [0.5, 0.6) is 11.5 Å². The fourth-order valence-electron chi connectivity index (χ4n) is 3.77. The van der Waals surface area contributed by atoms with Gasteiger partial charge in [-0.2, -0.15) is 0 Å². The molecule has 0 radical (unpaired) electrons. The number of benzene rings is 2. The van der Waals surface area contributed by atoms with Crippen LogP contribution in [-0.2, 0) is 13.0 Å². The van der Waals surface area contributed by atoms with E-state index in [1.807, 2.05) is 30.5 Å². The van der Waals surface area contributed by atoms with E-state index in [0.29, 0.717) is 24.8 Å². The summed E-state index contributed by atoms with van der Waals surface area (Å²) in [5.74, 6) is 1.43. The summed E-state index contributed by atoms with van der Waals surface area (Å²) in [4.78, 5) is 6.75. The van der Waals surface area contributed by atoms with Gasteiger partial charge in [-0.05, 0) is 79.6 Å². The molecule has 6 nitrogen and oxygen atoms in total. The van der Waals surface area contributed by atoms with E-state index >= 15 is 0 Å². The number of ether oxygens (including phenoxy) is 2. The SMILES string of the molecule is CC(C)c1ccc(N(CCCc2ccc(OC(C)(C)C(O)O)cc2)Cc2ccc(OC(F)(F)F)cc2)nc1. The van der Waals surface area contributed by atoms with Crippen molar-refractivity contribution in [2.45, 2.75) is 71.3 Å². The highest BCUT2D eigenvalue weighted by Gasteiger charge is 2.31. The van der Waals surface area contributed by atoms with Crippen LogP contribution in [0.25, 0.3) is 0 Å². The Morgan fingerprint density at radius 2 is 1.42 bits per heavy atom. The Morgan fingerprint density at radius 1 is 0.842 bits per heavy atom. The van der Waals surface area contributed by atoms with Gasteiger partial charge in [0.25, 0.3) is 0 Å². The van der Waals surface area contributed by atoms with Crippen molar-refractivity contribution in [1.29, 1.82) is 0 Å². The monoisotopic (exact) mass is 532 g/mol. The molecule has 0 aliphatic rings. The first-order valence-electron chi connectivity index (χ1n) is 12.5. The number of aryl methyl sites for hydroxylation is 1. The van der Waals surface area contributed by atoms with Gasteiger partial charge >= 0.3 is 6.36 Å². The zero-order valence-electron chi connectivity index (χ0n) is 22.1. The van der Waals surface area contributed by atoms with Crippen LogP contribution >= 0.6 is 0 Å². The summed E-state index contributed by atoms with van der Waals surface area (Å²) < 4.78 is 47.1. The van der Waals surface area contributed by atoms with Crippen molar-refractivity contribution >= 4 is 5.82 Å². The standard InChI is InChI=1S/C29H35F3N2O4/c1-20(2)23-11-16-26(33-18-23)34(19-22-9-14-25(15-10-22)38-29(30,31)32)17-5-6-21-7-12-24(13-8-21)37-28(3,4)27(35)36/h7-16,18,20,27,35-36H,5-6,17,19H2,1-4H3. The zero-order valence-corrected chi connectivity index (χ0v) is 22.1. The number of alkyl halides is 3. The number of halogens is 3. The van der Waals surface area contributed by atoms with Crippen LogP contribution in [0.2, 0.25) is 0 Å². The quantitative estimate of drug-likeness (QED) is 0.270. The molecule has 0 unspecified atom stereocenters. The maximum absolute atomic E-state index is 12.5. The highest BCUT2D eigenvalue weighted by Crippen LogP contribution is 2.25. The van der Waals surface area contributed by atoms with Crippen molar-refractivity contribution in [3.05, 3.63) is 83.6 Å². The summed E-state index contributed by atoms with van der Waals surface area (Å²) in [6, 6.07) is 17.4. The molecule has 0 saturated carbocycles. The molecule has 2 aromatic carbocycles. The summed E-state index contributed by atoms with van der Waals surface area (Å²) in [5.41, 5.74) is 1.93. The second kappa shape index (κ2) is 12.5. The lowest BCUT2D eigenvalue weighted by Gasteiger charge is -2.28. The van der Waals surface area contributed by atoms with Gasteiger partial charge in [0.2, 0.25) is 0 Å². The van der Waals surface area contributed by atoms with Crippen LogP contribution < -0.4 is 14.4 Å². The van der Waals surface area contributed by atoms with Gasteiger partial charge in [-0.3, -0.25) is 0 Å². The normalized spacial score (nSPS) is 12.2. The van der Waals surface area contributed by atoms with Gasteiger partial charge in [0.1, 0.15) is 17.3 Å². The predicted octanol–water partition coefficient (Wildman–Crippen LogP) is 6.21. The Morgan fingerprint density at radius 3 is 1.92 bits per heavy atom. The van der Waals surface area contributed by atoms with Crippen molar-refractivity contribution < 1.29 is 32.9 Å². The van der Waals surface area contributed by atoms with Crippen molar-refractivity contribution in [3.8, 4) is 11.5 Å². The second-order valence-corrected chi connectivity index (χ2v) is 10.0. The number of pyridine rings is 1. The summed E-state index contributed by atoms with van der Waals surface area (Å²) in [7, 11) is 0. The Labute approximate surface area is 221 Å². The van der Waals surface area contributed by atoms with E-state index in [9.17, 15) is 23.4 Å². The number of aliphatic hydroxyl groups excluding tert-OH is 1. The molecule has 38 heavy (non-hydrogen) atoms. The molecule has 3 rings (SSSR count). The maximum atomic E-state index is 12.5.